The summed E-state index contributed by atoms with van der Waals surface area (Å²) < 4.78 is 5.49. The van der Waals surface area contributed by atoms with Gasteiger partial charge in [-0.05, 0) is 25.7 Å². The minimum atomic E-state index is -0.851. The van der Waals surface area contributed by atoms with E-state index in [1.165, 1.54) is 6.33 Å². The van der Waals surface area contributed by atoms with E-state index >= 15 is 0 Å². The first-order valence-corrected chi connectivity index (χ1v) is 7.10. The van der Waals surface area contributed by atoms with Crippen molar-refractivity contribution in [3.05, 3.63) is 12.4 Å². The third-order valence-corrected chi connectivity index (χ3v) is 3.83. The maximum atomic E-state index is 11.7. The second-order valence-electron chi connectivity index (χ2n) is 5.01. The van der Waals surface area contributed by atoms with Crippen LogP contribution in [-0.4, -0.2) is 39.7 Å². The normalized spacial score (nSPS) is 22.0. The Hall–Kier alpha value is -1.85. The number of nitrogens with zero attached hydrogens (tertiary/aromatic N) is 3. The fraction of sp³-hybridized carbons (Fsp3) is 0.643. The Morgan fingerprint density at radius 1 is 1.50 bits per heavy atom. The van der Waals surface area contributed by atoms with Crippen LogP contribution in [0.4, 0.5) is 5.82 Å². The lowest BCUT2D eigenvalue weighted by molar-refractivity contribution is -0.143. The lowest BCUT2D eigenvalue weighted by atomic mass is 9.93. The SMILES string of the molecule is CCCOc1cc(N2CCCC2(CC)C(=O)O)ncn1. The number of hydrogen-bond donors (Lipinski definition) is 1. The molecule has 1 aliphatic heterocycles. The number of hydrogen-bond acceptors (Lipinski definition) is 5. The number of aliphatic carboxylic acids is 1. The maximum Gasteiger partial charge on any atom is 0.329 e. The van der Waals surface area contributed by atoms with Crippen molar-refractivity contribution in [2.45, 2.75) is 45.1 Å². The maximum absolute atomic E-state index is 11.7. The van der Waals surface area contributed by atoms with Gasteiger partial charge in [-0.3, -0.25) is 0 Å². The second-order valence-corrected chi connectivity index (χ2v) is 5.01. The van der Waals surface area contributed by atoms with Gasteiger partial charge >= 0.3 is 5.97 Å². The Morgan fingerprint density at radius 3 is 2.95 bits per heavy atom. The summed E-state index contributed by atoms with van der Waals surface area (Å²) in [5.74, 6) is 0.346. The molecule has 110 valence electrons. The van der Waals surface area contributed by atoms with Gasteiger partial charge in [-0.25, -0.2) is 14.8 Å². The number of carboxylic acid groups (broad SMARTS) is 1. The van der Waals surface area contributed by atoms with E-state index in [1.807, 2.05) is 18.7 Å². The van der Waals surface area contributed by atoms with Gasteiger partial charge in [-0.2, -0.15) is 0 Å². The molecule has 6 heteroatoms. The highest BCUT2D eigenvalue weighted by Gasteiger charge is 2.46. The van der Waals surface area contributed by atoms with Gasteiger partial charge < -0.3 is 14.7 Å². The highest BCUT2D eigenvalue weighted by atomic mass is 16.5. The van der Waals surface area contributed by atoms with Gasteiger partial charge in [0.1, 0.15) is 17.7 Å². The van der Waals surface area contributed by atoms with Crippen LogP contribution in [0.1, 0.15) is 39.5 Å². The van der Waals surface area contributed by atoms with E-state index in [0.29, 0.717) is 37.7 Å². The summed E-state index contributed by atoms with van der Waals surface area (Å²) in [6.45, 7) is 5.22. The molecule has 0 radical (unpaired) electrons. The van der Waals surface area contributed by atoms with Gasteiger partial charge in [-0.15, -0.1) is 0 Å². The van der Waals surface area contributed by atoms with Crippen LogP contribution < -0.4 is 9.64 Å². The Kier molecular flexibility index (Phi) is 4.42. The van der Waals surface area contributed by atoms with Gasteiger partial charge in [0, 0.05) is 12.6 Å². The van der Waals surface area contributed by atoms with Crippen LogP contribution in [0.25, 0.3) is 0 Å². The summed E-state index contributed by atoms with van der Waals surface area (Å²) in [5, 5.41) is 9.59. The zero-order chi connectivity index (χ0) is 14.6. The molecular weight excluding hydrogens is 258 g/mol. The molecule has 1 N–H and O–H groups in total. The standard InChI is InChI=1S/C14H21N3O3/c1-3-8-20-12-9-11(15-10-16-12)17-7-5-6-14(17,4-2)13(18)19/h9-10H,3-8H2,1-2H3,(H,18,19). The summed E-state index contributed by atoms with van der Waals surface area (Å²) in [7, 11) is 0. The summed E-state index contributed by atoms with van der Waals surface area (Å²) in [6, 6.07) is 1.73. The first-order valence-electron chi connectivity index (χ1n) is 7.10. The van der Waals surface area contributed by atoms with E-state index in [0.717, 1.165) is 12.8 Å². The number of ether oxygens (including phenoxy) is 1. The average Bonchev–Trinajstić information content (AvgIpc) is 2.90. The summed E-state index contributed by atoms with van der Waals surface area (Å²) >= 11 is 0. The molecule has 2 rings (SSSR count). The van der Waals surface area contributed by atoms with Crippen molar-refractivity contribution in [2.75, 3.05) is 18.1 Å². The first kappa shape index (κ1) is 14.6. The molecule has 2 heterocycles. The average molecular weight is 279 g/mol. The smallest absolute Gasteiger partial charge is 0.329 e. The van der Waals surface area contributed by atoms with Gasteiger partial charge in [-0.1, -0.05) is 13.8 Å². The van der Waals surface area contributed by atoms with Gasteiger partial charge in [0.2, 0.25) is 5.88 Å². The zero-order valence-corrected chi connectivity index (χ0v) is 12.0. The van der Waals surface area contributed by atoms with E-state index < -0.39 is 11.5 Å². The molecule has 1 aliphatic rings. The third-order valence-electron chi connectivity index (χ3n) is 3.83. The van der Waals surface area contributed by atoms with Crippen molar-refractivity contribution in [2.24, 2.45) is 0 Å². The quantitative estimate of drug-likeness (QED) is 0.859. The van der Waals surface area contributed by atoms with Crippen LogP contribution in [0.3, 0.4) is 0 Å². The fourth-order valence-electron chi connectivity index (χ4n) is 2.72. The van der Waals surface area contributed by atoms with E-state index in [4.69, 9.17) is 4.74 Å². The van der Waals surface area contributed by atoms with Crippen LogP contribution in [0.2, 0.25) is 0 Å². The van der Waals surface area contributed by atoms with Crippen LogP contribution in [0.5, 0.6) is 5.88 Å². The van der Waals surface area contributed by atoms with Crippen molar-refractivity contribution in [3.63, 3.8) is 0 Å². The molecule has 1 aromatic heterocycles. The number of carbonyl (C=O) groups is 1. The van der Waals surface area contributed by atoms with Crippen LogP contribution in [-0.2, 0) is 4.79 Å². The molecule has 20 heavy (non-hydrogen) atoms. The summed E-state index contributed by atoms with van der Waals surface area (Å²) in [4.78, 5) is 21.8. The topological polar surface area (TPSA) is 75.5 Å². The molecule has 1 atom stereocenters. The Bertz CT molecular complexity index is 480. The zero-order valence-electron chi connectivity index (χ0n) is 12.0. The number of rotatable bonds is 6. The predicted octanol–water partition coefficient (Wildman–Crippen LogP) is 2.10. The largest absolute Gasteiger partial charge is 0.479 e. The lowest BCUT2D eigenvalue weighted by Crippen LogP contribution is -2.50. The van der Waals surface area contributed by atoms with Gasteiger partial charge in [0.05, 0.1) is 6.61 Å². The van der Waals surface area contributed by atoms with Crippen molar-refractivity contribution in [3.8, 4) is 5.88 Å². The molecule has 0 aromatic carbocycles. The highest BCUT2D eigenvalue weighted by molar-refractivity contribution is 5.84. The van der Waals surface area contributed by atoms with Crippen molar-refractivity contribution in [1.29, 1.82) is 0 Å². The number of aromatic nitrogens is 2. The highest BCUT2D eigenvalue weighted by Crippen LogP contribution is 2.36. The molecule has 1 unspecified atom stereocenters. The van der Waals surface area contributed by atoms with Crippen LogP contribution >= 0.6 is 0 Å². The van der Waals surface area contributed by atoms with E-state index in [2.05, 4.69) is 9.97 Å². The molecule has 0 bridgehead atoms. The van der Waals surface area contributed by atoms with E-state index in [9.17, 15) is 9.90 Å². The van der Waals surface area contributed by atoms with Crippen molar-refractivity contribution in [1.82, 2.24) is 9.97 Å². The minimum absolute atomic E-state index is 0.499. The Morgan fingerprint density at radius 2 is 2.30 bits per heavy atom. The van der Waals surface area contributed by atoms with Crippen molar-refractivity contribution >= 4 is 11.8 Å². The molecule has 1 aromatic rings. The van der Waals surface area contributed by atoms with Gasteiger partial charge in [0.15, 0.2) is 0 Å². The third kappa shape index (κ3) is 2.55. The first-order chi connectivity index (χ1) is 9.64. The summed E-state index contributed by atoms with van der Waals surface area (Å²) in [6.07, 6.45) is 4.39. The predicted molar refractivity (Wildman–Crippen MR) is 75.1 cm³/mol. The van der Waals surface area contributed by atoms with Crippen LogP contribution in [0.15, 0.2) is 12.4 Å². The monoisotopic (exact) mass is 279 g/mol. The molecule has 6 nitrogen and oxygen atoms in total. The Balaban J connectivity index is 2.28. The number of anilines is 1. The second kappa shape index (κ2) is 6.07. The molecule has 0 aliphatic carbocycles. The number of carboxylic acids is 1. The fourth-order valence-corrected chi connectivity index (χ4v) is 2.72. The molecule has 0 amide bonds. The van der Waals surface area contributed by atoms with Crippen molar-refractivity contribution < 1.29 is 14.6 Å². The van der Waals surface area contributed by atoms with Gasteiger partial charge in [0.25, 0.3) is 0 Å². The lowest BCUT2D eigenvalue weighted by Gasteiger charge is -2.34. The summed E-state index contributed by atoms with van der Waals surface area (Å²) in [5.41, 5.74) is -0.851. The Labute approximate surface area is 118 Å². The van der Waals surface area contributed by atoms with E-state index in [1.54, 1.807) is 6.07 Å². The van der Waals surface area contributed by atoms with E-state index in [-0.39, 0.29) is 0 Å². The minimum Gasteiger partial charge on any atom is -0.479 e. The molecular formula is C14H21N3O3. The molecule has 1 fully saturated rings. The molecule has 0 spiro atoms. The van der Waals surface area contributed by atoms with Crippen LogP contribution in [0, 0.1) is 0 Å². The molecule has 0 saturated carbocycles. The molecule has 1 saturated heterocycles.